The van der Waals surface area contributed by atoms with Crippen molar-refractivity contribution in [3.8, 4) is 22.6 Å². The Balaban J connectivity index is 1.37. The van der Waals surface area contributed by atoms with Crippen LogP contribution in [-0.4, -0.2) is 85.0 Å². The van der Waals surface area contributed by atoms with Gasteiger partial charge in [0.25, 0.3) is 11.7 Å². The van der Waals surface area contributed by atoms with Crippen LogP contribution in [0.4, 0.5) is 0 Å². The number of benzene rings is 2. The van der Waals surface area contributed by atoms with E-state index in [4.69, 9.17) is 4.42 Å². The molecule has 3 aromatic rings. The molecule has 158 valence electrons. The van der Waals surface area contributed by atoms with Gasteiger partial charge in [-0.2, -0.15) is 0 Å². The van der Waals surface area contributed by atoms with Crippen molar-refractivity contribution >= 4 is 11.7 Å². The molecule has 3 heterocycles. The average molecular weight is 415 g/mol. The van der Waals surface area contributed by atoms with Crippen LogP contribution in [0.3, 0.4) is 0 Å². The standard InChI is InChI=1S/C26H30N4O/c1-27-15-16-28(2)25(27)21-9-5-19(6-10-21)23-13-14-24(31-23)20-7-11-22(12-8-20)26-29(3)17-18-30(26)4/h5-14H,15-18H2,1-4H3/q+2. The minimum atomic E-state index is 0.897. The van der Waals surface area contributed by atoms with E-state index >= 15 is 0 Å². The topological polar surface area (TPSA) is 25.6 Å². The SMILES string of the molecule is CN1CC[N+](C)=C1c1ccc(-c2ccc(-c3ccc(C4=[N+](C)CCN4C)cc3)o2)cc1. The van der Waals surface area contributed by atoms with Crippen molar-refractivity contribution in [2.24, 2.45) is 0 Å². The Labute approximate surface area is 184 Å². The molecule has 0 atom stereocenters. The highest BCUT2D eigenvalue weighted by atomic mass is 16.3. The molecule has 0 radical (unpaired) electrons. The van der Waals surface area contributed by atoms with Crippen LogP contribution in [-0.2, 0) is 0 Å². The maximum Gasteiger partial charge on any atom is 0.279 e. The first-order chi connectivity index (χ1) is 15.0. The number of furan rings is 1. The fourth-order valence-electron chi connectivity index (χ4n) is 4.70. The highest BCUT2D eigenvalue weighted by Gasteiger charge is 2.27. The van der Waals surface area contributed by atoms with E-state index in [0.717, 1.165) is 48.8 Å². The lowest BCUT2D eigenvalue weighted by Crippen LogP contribution is -2.25. The maximum atomic E-state index is 6.22. The van der Waals surface area contributed by atoms with E-state index in [1.165, 1.54) is 22.8 Å². The second kappa shape index (κ2) is 7.73. The van der Waals surface area contributed by atoms with Gasteiger partial charge in [0.2, 0.25) is 0 Å². The normalized spacial score (nSPS) is 16.8. The fraction of sp³-hybridized carbons (Fsp3) is 0.308. The highest BCUT2D eigenvalue weighted by Crippen LogP contribution is 2.29. The minimum Gasteiger partial charge on any atom is -0.456 e. The molecule has 0 saturated heterocycles. The monoisotopic (exact) mass is 414 g/mol. The quantitative estimate of drug-likeness (QED) is 0.613. The van der Waals surface area contributed by atoms with Crippen molar-refractivity contribution in [1.29, 1.82) is 0 Å². The molecular formula is C26H30N4O+2. The largest absolute Gasteiger partial charge is 0.456 e. The molecule has 5 rings (SSSR count). The van der Waals surface area contributed by atoms with E-state index < -0.39 is 0 Å². The number of hydrogen-bond donors (Lipinski definition) is 0. The van der Waals surface area contributed by atoms with Gasteiger partial charge in [-0.1, -0.05) is 24.3 Å². The zero-order chi connectivity index (χ0) is 21.5. The Morgan fingerprint density at radius 3 is 1.26 bits per heavy atom. The molecule has 0 amide bonds. The predicted molar refractivity (Wildman–Crippen MR) is 125 cm³/mol. The van der Waals surface area contributed by atoms with E-state index in [9.17, 15) is 0 Å². The van der Waals surface area contributed by atoms with Crippen LogP contribution in [0.1, 0.15) is 11.1 Å². The summed E-state index contributed by atoms with van der Waals surface area (Å²) in [6.45, 7) is 4.28. The van der Waals surface area contributed by atoms with Crippen LogP contribution in [0.2, 0.25) is 0 Å². The lowest BCUT2D eigenvalue weighted by molar-refractivity contribution is -0.486. The van der Waals surface area contributed by atoms with Gasteiger partial charge >= 0.3 is 0 Å². The predicted octanol–water partition coefficient (Wildman–Crippen LogP) is 3.28. The summed E-state index contributed by atoms with van der Waals surface area (Å²) in [5.41, 5.74) is 4.68. The molecule has 0 fully saturated rings. The van der Waals surface area contributed by atoms with Gasteiger partial charge in [0, 0.05) is 11.1 Å². The smallest absolute Gasteiger partial charge is 0.279 e. The highest BCUT2D eigenvalue weighted by molar-refractivity contribution is 5.96. The molecule has 0 bridgehead atoms. The molecule has 31 heavy (non-hydrogen) atoms. The molecule has 5 heteroatoms. The van der Waals surface area contributed by atoms with E-state index in [0.29, 0.717) is 0 Å². The Bertz CT molecular complexity index is 1080. The van der Waals surface area contributed by atoms with Gasteiger partial charge in [-0.25, -0.2) is 0 Å². The molecule has 2 aromatic carbocycles. The van der Waals surface area contributed by atoms with E-state index in [1.807, 2.05) is 0 Å². The second-order valence-corrected chi connectivity index (χ2v) is 8.65. The summed E-state index contributed by atoms with van der Waals surface area (Å²) in [6.07, 6.45) is 0. The van der Waals surface area contributed by atoms with Crippen molar-refractivity contribution in [2.45, 2.75) is 0 Å². The Morgan fingerprint density at radius 1 is 0.581 bits per heavy atom. The third kappa shape index (κ3) is 3.54. The number of nitrogens with zero attached hydrogens (tertiary/aromatic N) is 4. The molecular weight excluding hydrogens is 384 g/mol. The van der Waals surface area contributed by atoms with E-state index in [-0.39, 0.29) is 0 Å². The molecule has 1 aromatic heterocycles. The van der Waals surface area contributed by atoms with Crippen LogP contribution < -0.4 is 0 Å². The van der Waals surface area contributed by atoms with E-state index in [2.05, 4.69) is 108 Å². The fourth-order valence-corrected chi connectivity index (χ4v) is 4.70. The molecule has 0 spiro atoms. The molecule has 0 unspecified atom stereocenters. The van der Waals surface area contributed by atoms with Crippen molar-refractivity contribution < 1.29 is 13.6 Å². The van der Waals surface area contributed by atoms with Gasteiger partial charge in [0.1, 0.15) is 37.7 Å². The van der Waals surface area contributed by atoms with Crippen LogP contribution in [0.25, 0.3) is 22.6 Å². The zero-order valence-electron chi connectivity index (χ0n) is 18.8. The number of rotatable bonds is 4. The third-order valence-corrected chi connectivity index (χ3v) is 6.45. The summed E-state index contributed by atoms with van der Waals surface area (Å²) >= 11 is 0. The average Bonchev–Trinajstić information content (AvgIpc) is 3.48. The van der Waals surface area contributed by atoms with E-state index in [1.54, 1.807) is 0 Å². The summed E-state index contributed by atoms with van der Waals surface area (Å²) in [5, 5.41) is 0. The summed E-state index contributed by atoms with van der Waals surface area (Å²) in [5.74, 6) is 4.35. The van der Waals surface area contributed by atoms with Gasteiger partial charge in [0.15, 0.2) is 0 Å². The van der Waals surface area contributed by atoms with Gasteiger partial charge in [-0.3, -0.25) is 19.0 Å². The molecule has 5 nitrogen and oxygen atoms in total. The zero-order valence-corrected chi connectivity index (χ0v) is 18.8. The third-order valence-electron chi connectivity index (χ3n) is 6.45. The first kappa shape index (κ1) is 19.6. The van der Waals surface area contributed by atoms with Crippen molar-refractivity contribution in [3.05, 3.63) is 71.8 Å². The van der Waals surface area contributed by atoms with Crippen LogP contribution in [0.5, 0.6) is 0 Å². The van der Waals surface area contributed by atoms with Crippen molar-refractivity contribution in [2.75, 3.05) is 54.4 Å². The van der Waals surface area contributed by atoms with Crippen molar-refractivity contribution in [1.82, 2.24) is 9.80 Å². The summed E-state index contributed by atoms with van der Waals surface area (Å²) in [7, 11) is 8.60. The van der Waals surface area contributed by atoms with Crippen LogP contribution in [0, 0.1) is 0 Å². The number of amidine groups is 2. The van der Waals surface area contributed by atoms with Crippen LogP contribution in [0.15, 0.2) is 65.1 Å². The first-order valence-electron chi connectivity index (χ1n) is 10.9. The lowest BCUT2D eigenvalue weighted by Gasteiger charge is -2.08. The van der Waals surface area contributed by atoms with Crippen molar-refractivity contribution in [3.63, 3.8) is 0 Å². The minimum absolute atomic E-state index is 0.897. The number of hydrogen-bond acceptors (Lipinski definition) is 3. The van der Waals surface area contributed by atoms with Crippen LogP contribution >= 0.6 is 0 Å². The number of likely N-dealkylation sites (N-methyl/N-ethyl adjacent to an activating group) is 4. The lowest BCUT2D eigenvalue weighted by atomic mass is 10.1. The Hall–Kier alpha value is -3.34. The van der Waals surface area contributed by atoms with Gasteiger partial charge < -0.3 is 4.42 Å². The molecule has 2 aliphatic rings. The molecule has 0 saturated carbocycles. The summed E-state index contributed by atoms with van der Waals surface area (Å²) in [6, 6.07) is 21.5. The van der Waals surface area contributed by atoms with Gasteiger partial charge in [0.05, 0.1) is 39.3 Å². The summed E-state index contributed by atoms with van der Waals surface area (Å²) in [4.78, 5) is 4.62. The molecule has 0 N–H and O–H groups in total. The molecule has 0 aliphatic carbocycles. The Morgan fingerprint density at radius 2 is 0.935 bits per heavy atom. The summed E-state index contributed by atoms with van der Waals surface area (Å²) < 4.78 is 10.8. The van der Waals surface area contributed by atoms with Gasteiger partial charge in [-0.15, -0.1) is 0 Å². The van der Waals surface area contributed by atoms with Gasteiger partial charge in [-0.05, 0) is 36.4 Å². The maximum absolute atomic E-state index is 6.22. The second-order valence-electron chi connectivity index (χ2n) is 8.65. The molecule has 2 aliphatic heterocycles. The first-order valence-corrected chi connectivity index (χ1v) is 10.9. The Kier molecular flexibility index (Phi) is 4.89.